The van der Waals surface area contributed by atoms with Gasteiger partial charge in [-0.2, -0.15) is 0 Å². The Kier molecular flexibility index (Phi) is 1.10. The second kappa shape index (κ2) is 1.61. The first-order valence-electron chi connectivity index (χ1n) is 2.73. The molecule has 2 N–H and O–H groups in total. The molecular weight excluding hydrogens is 74.1 g/mol. The SMILES string of the molecule is CC1CCC[NH2+]1. The minimum Gasteiger partial charge on any atom is -0.344 e. The van der Waals surface area contributed by atoms with Crippen molar-refractivity contribution < 1.29 is 5.32 Å². The number of nitrogens with two attached hydrogens (primary N) is 1. The van der Waals surface area contributed by atoms with E-state index in [1.807, 2.05) is 0 Å². The Balaban J connectivity index is 2.18. The average Bonchev–Trinajstić information content (AvgIpc) is 1.86. The summed E-state index contributed by atoms with van der Waals surface area (Å²) in [5, 5.41) is 2.40. The molecule has 1 heteroatoms. The van der Waals surface area contributed by atoms with E-state index < -0.39 is 0 Å². The topological polar surface area (TPSA) is 16.6 Å². The summed E-state index contributed by atoms with van der Waals surface area (Å²) in [5.41, 5.74) is 0. The Morgan fingerprint density at radius 3 is 2.67 bits per heavy atom. The van der Waals surface area contributed by atoms with Gasteiger partial charge in [-0.3, -0.25) is 0 Å². The quantitative estimate of drug-likeness (QED) is 0.418. The van der Waals surface area contributed by atoms with Crippen molar-refractivity contribution in [1.82, 2.24) is 0 Å². The molecule has 0 aromatic carbocycles. The molecule has 0 bridgehead atoms. The van der Waals surface area contributed by atoms with Crippen molar-refractivity contribution in [2.45, 2.75) is 25.8 Å². The van der Waals surface area contributed by atoms with Crippen molar-refractivity contribution in [2.24, 2.45) is 0 Å². The molecule has 1 fully saturated rings. The van der Waals surface area contributed by atoms with Crippen LogP contribution in [0.1, 0.15) is 19.8 Å². The van der Waals surface area contributed by atoms with Crippen LogP contribution in [0.5, 0.6) is 0 Å². The Hall–Kier alpha value is -0.0400. The van der Waals surface area contributed by atoms with Gasteiger partial charge < -0.3 is 5.32 Å². The molecule has 0 radical (unpaired) electrons. The van der Waals surface area contributed by atoms with Crippen molar-refractivity contribution in [3.63, 3.8) is 0 Å². The molecule has 1 heterocycles. The van der Waals surface area contributed by atoms with Crippen molar-refractivity contribution >= 4 is 0 Å². The van der Waals surface area contributed by atoms with Crippen LogP contribution in [0, 0.1) is 0 Å². The first-order chi connectivity index (χ1) is 2.89. The van der Waals surface area contributed by atoms with Gasteiger partial charge in [0.2, 0.25) is 0 Å². The third-order valence-corrected chi connectivity index (χ3v) is 1.43. The zero-order valence-corrected chi connectivity index (χ0v) is 4.28. The molecule has 0 spiro atoms. The van der Waals surface area contributed by atoms with Gasteiger partial charge in [-0.15, -0.1) is 0 Å². The maximum atomic E-state index is 2.40. The van der Waals surface area contributed by atoms with Crippen LogP contribution in [-0.4, -0.2) is 12.6 Å². The Labute approximate surface area is 38.7 Å². The molecule has 1 rings (SSSR count). The van der Waals surface area contributed by atoms with E-state index in [0.717, 1.165) is 6.04 Å². The molecule has 0 aromatic rings. The Morgan fingerprint density at radius 1 is 1.67 bits per heavy atom. The summed E-state index contributed by atoms with van der Waals surface area (Å²) in [6.07, 6.45) is 2.86. The highest BCUT2D eigenvalue weighted by atomic mass is 14.9. The van der Waals surface area contributed by atoms with Crippen molar-refractivity contribution in [1.29, 1.82) is 0 Å². The fourth-order valence-corrected chi connectivity index (χ4v) is 0.960. The molecule has 0 amide bonds. The first-order valence-corrected chi connectivity index (χ1v) is 2.73. The van der Waals surface area contributed by atoms with Gasteiger partial charge in [0, 0.05) is 12.8 Å². The van der Waals surface area contributed by atoms with E-state index in [1.165, 1.54) is 19.4 Å². The van der Waals surface area contributed by atoms with E-state index in [0.29, 0.717) is 0 Å². The van der Waals surface area contributed by atoms with E-state index in [2.05, 4.69) is 12.2 Å². The van der Waals surface area contributed by atoms with Gasteiger partial charge in [-0.05, 0) is 6.92 Å². The van der Waals surface area contributed by atoms with Gasteiger partial charge in [-0.25, -0.2) is 0 Å². The third-order valence-electron chi connectivity index (χ3n) is 1.43. The number of hydrogen-bond donors (Lipinski definition) is 1. The zero-order chi connectivity index (χ0) is 4.41. The smallest absolute Gasteiger partial charge is 0.0832 e. The minimum absolute atomic E-state index is 0.921. The van der Waals surface area contributed by atoms with Crippen LogP contribution in [0.4, 0.5) is 0 Å². The second-order valence-corrected chi connectivity index (χ2v) is 2.14. The molecule has 1 saturated heterocycles. The summed E-state index contributed by atoms with van der Waals surface area (Å²) in [6.45, 7) is 3.65. The van der Waals surface area contributed by atoms with E-state index in [4.69, 9.17) is 0 Å². The predicted octanol–water partition coefficient (Wildman–Crippen LogP) is -0.268. The van der Waals surface area contributed by atoms with E-state index in [9.17, 15) is 0 Å². The third kappa shape index (κ3) is 0.716. The van der Waals surface area contributed by atoms with Crippen LogP contribution in [-0.2, 0) is 0 Å². The van der Waals surface area contributed by atoms with Crippen LogP contribution in [0.25, 0.3) is 0 Å². The van der Waals surface area contributed by atoms with Crippen molar-refractivity contribution in [3.05, 3.63) is 0 Å². The molecule has 1 atom stereocenters. The van der Waals surface area contributed by atoms with Crippen LogP contribution >= 0.6 is 0 Å². The lowest BCUT2D eigenvalue weighted by atomic mass is 10.3. The average molecular weight is 86.2 g/mol. The molecule has 0 saturated carbocycles. The van der Waals surface area contributed by atoms with E-state index in [-0.39, 0.29) is 0 Å². The molecule has 36 valence electrons. The summed E-state index contributed by atoms with van der Waals surface area (Å²) < 4.78 is 0. The molecule has 1 unspecified atom stereocenters. The van der Waals surface area contributed by atoms with Gasteiger partial charge in [0.05, 0.1) is 12.6 Å². The maximum Gasteiger partial charge on any atom is 0.0832 e. The normalized spacial score (nSPS) is 34.5. The minimum atomic E-state index is 0.921. The molecular formula is C5H12N+. The predicted molar refractivity (Wildman–Crippen MR) is 25.5 cm³/mol. The van der Waals surface area contributed by atoms with Gasteiger partial charge in [0.1, 0.15) is 0 Å². The van der Waals surface area contributed by atoms with Crippen molar-refractivity contribution in [3.8, 4) is 0 Å². The largest absolute Gasteiger partial charge is 0.344 e. The van der Waals surface area contributed by atoms with Crippen LogP contribution in [0.15, 0.2) is 0 Å². The highest BCUT2D eigenvalue weighted by molar-refractivity contribution is 4.50. The standard InChI is InChI=1S/C5H11N/c1-5-3-2-4-6-5/h5-6H,2-4H2,1H3/p+1. The Morgan fingerprint density at radius 2 is 2.50 bits per heavy atom. The lowest BCUT2D eigenvalue weighted by Gasteiger charge is -1.91. The number of hydrogen-bond acceptors (Lipinski definition) is 0. The second-order valence-electron chi connectivity index (χ2n) is 2.14. The molecule has 1 aliphatic heterocycles. The van der Waals surface area contributed by atoms with Crippen LogP contribution < -0.4 is 5.32 Å². The van der Waals surface area contributed by atoms with Gasteiger partial charge in [-0.1, -0.05) is 0 Å². The lowest BCUT2D eigenvalue weighted by molar-refractivity contribution is -0.666. The van der Waals surface area contributed by atoms with Gasteiger partial charge in [0.15, 0.2) is 0 Å². The molecule has 1 nitrogen and oxygen atoms in total. The molecule has 1 aliphatic rings. The molecule has 0 aliphatic carbocycles. The number of rotatable bonds is 0. The molecule has 6 heavy (non-hydrogen) atoms. The van der Waals surface area contributed by atoms with Crippen molar-refractivity contribution in [2.75, 3.05) is 6.54 Å². The summed E-state index contributed by atoms with van der Waals surface area (Å²) in [4.78, 5) is 0. The monoisotopic (exact) mass is 86.1 g/mol. The highest BCUT2D eigenvalue weighted by Gasteiger charge is 2.10. The maximum absolute atomic E-state index is 2.40. The van der Waals surface area contributed by atoms with E-state index >= 15 is 0 Å². The van der Waals surface area contributed by atoms with Crippen LogP contribution in [0.3, 0.4) is 0 Å². The fourth-order valence-electron chi connectivity index (χ4n) is 0.960. The van der Waals surface area contributed by atoms with E-state index in [1.54, 1.807) is 0 Å². The summed E-state index contributed by atoms with van der Waals surface area (Å²) >= 11 is 0. The summed E-state index contributed by atoms with van der Waals surface area (Å²) in [5.74, 6) is 0. The Bertz CT molecular complexity index is 37.2. The summed E-state index contributed by atoms with van der Waals surface area (Å²) in [7, 11) is 0. The summed E-state index contributed by atoms with van der Waals surface area (Å²) in [6, 6.07) is 0.921. The lowest BCUT2D eigenvalue weighted by Crippen LogP contribution is -2.85. The van der Waals surface area contributed by atoms with Gasteiger partial charge in [0.25, 0.3) is 0 Å². The first kappa shape index (κ1) is 4.13. The number of quaternary nitrogens is 1. The van der Waals surface area contributed by atoms with Crippen LogP contribution in [0.2, 0.25) is 0 Å². The zero-order valence-electron chi connectivity index (χ0n) is 4.28. The highest BCUT2D eigenvalue weighted by Crippen LogP contribution is 1.93. The van der Waals surface area contributed by atoms with Gasteiger partial charge >= 0.3 is 0 Å². The fraction of sp³-hybridized carbons (Fsp3) is 1.00. The molecule has 0 aromatic heterocycles.